The Balaban J connectivity index is 2.11. The second kappa shape index (κ2) is 9.86. The van der Waals surface area contributed by atoms with Crippen LogP contribution in [0, 0.1) is 6.92 Å². The van der Waals surface area contributed by atoms with Crippen LogP contribution in [0.4, 0.5) is 16.2 Å². The quantitative estimate of drug-likeness (QED) is 0.552. The summed E-state index contributed by atoms with van der Waals surface area (Å²) in [5, 5.41) is 5.69. The Bertz CT molecular complexity index is 907. The number of ether oxygens (including phenoxy) is 2. The van der Waals surface area contributed by atoms with Crippen molar-refractivity contribution in [2.24, 2.45) is 0 Å². The average Bonchev–Trinajstić information content (AvgIpc) is 2.62. The molecule has 0 spiro atoms. The van der Waals surface area contributed by atoms with Crippen molar-refractivity contribution in [3.05, 3.63) is 53.6 Å². The minimum atomic E-state index is -0.535. The van der Waals surface area contributed by atoms with E-state index in [0.717, 1.165) is 11.1 Å². The second-order valence-electron chi connectivity index (χ2n) is 9.59. The van der Waals surface area contributed by atoms with Gasteiger partial charge in [-0.2, -0.15) is 0 Å². The van der Waals surface area contributed by atoms with E-state index in [-0.39, 0.29) is 30.4 Å². The smallest absolute Gasteiger partial charge is 0.323 e. The van der Waals surface area contributed by atoms with Crippen molar-refractivity contribution < 1.29 is 19.1 Å². The van der Waals surface area contributed by atoms with Crippen LogP contribution >= 0.6 is 0 Å². The van der Waals surface area contributed by atoms with Crippen LogP contribution in [0.2, 0.25) is 0 Å². The molecule has 2 N–H and O–H groups in total. The molecular weight excluding hydrogens is 392 g/mol. The lowest BCUT2D eigenvalue weighted by Crippen LogP contribution is -2.25. The first-order chi connectivity index (χ1) is 14.3. The van der Waals surface area contributed by atoms with Gasteiger partial charge in [-0.3, -0.25) is 4.79 Å². The minimum Gasteiger partial charge on any atom is -0.491 e. The number of esters is 1. The number of nitrogens with one attached hydrogen (secondary N) is 2. The van der Waals surface area contributed by atoms with Gasteiger partial charge in [0.2, 0.25) is 0 Å². The molecule has 0 fully saturated rings. The number of urea groups is 1. The third-order valence-electron chi connectivity index (χ3n) is 4.39. The summed E-state index contributed by atoms with van der Waals surface area (Å²) in [6.07, 6.45) is 0.118. The lowest BCUT2D eigenvalue weighted by atomic mass is 9.87. The molecule has 0 aromatic heterocycles. The fraction of sp³-hybridized carbons (Fsp3) is 0.440. The summed E-state index contributed by atoms with van der Waals surface area (Å²) >= 11 is 0. The van der Waals surface area contributed by atoms with Crippen LogP contribution in [-0.2, 0) is 14.9 Å². The van der Waals surface area contributed by atoms with Crippen LogP contribution < -0.4 is 15.4 Å². The van der Waals surface area contributed by atoms with E-state index in [1.807, 2.05) is 70.2 Å². The number of rotatable bonds is 6. The molecule has 168 valence electrons. The van der Waals surface area contributed by atoms with E-state index < -0.39 is 5.60 Å². The number of hydrogen-bond donors (Lipinski definition) is 2. The molecule has 0 saturated carbocycles. The van der Waals surface area contributed by atoms with Gasteiger partial charge in [0.1, 0.15) is 11.4 Å². The zero-order valence-corrected chi connectivity index (χ0v) is 19.6. The van der Waals surface area contributed by atoms with E-state index in [1.54, 1.807) is 0 Å². The van der Waals surface area contributed by atoms with E-state index in [1.165, 1.54) is 0 Å². The van der Waals surface area contributed by atoms with E-state index in [0.29, 0.717) is 17.1 Å². The highest BCUT2D eigenvalue weighted by Gasteiger charge is 2.19. The Morgan fingerprint density at radius 2 is 1.55 bits per heavy atom. The molecule has 31 heavy (non-hydrogen) atoms. The molecule has 0 heterocycles. The Morgan fingerprint density at radius 3 is 2.13 bits per heavy atom. The summed E-state index contributed by atoms with van der Waals surface area (Å²) in [5.41, 5.74) is 2.77. The first-order valence-corrected chi connectivity index (χ1v) is 10.5. The Hall–Kier alpha value is -3.02. The molecular formula is C25H34N2O4. The topological polar surface area (TPSA) is 76.7 Å². The summed E-state index contributed by atoms with van der Waals surface area (Å²) in [6, 6.07) is 12.9. The lowest BCUT2D eigenvalue weighted by Gasteiger charge is -2.22. The standard InChI is InChI=1S/C25H34N2O4/c1-17-8-11-19(12-9-17)26-23(29)27-20-16-18(24(2,3)4)10-13-21(20)30-15-14-22(28)31-25(5,6)7/h8-13,16H,14-15H2,1-7H3,(H2,26,27,29). The van der Waals surface area contributed by atoms with Crippen LogP contribution in [0.1, 0.15) is 59.1 Å². The monoisotopic (exact) mass is 426 g/mol. The van der Waals surface area contributed by atoms with Gasteiger partial charge in [-0.05, 0) is 62.9 Å². The zero-order valence-electron chi connectivity index (χ0n) is 19.6. The maximum Gasteiger partial charge on any atom is 0.323 e. The van der Waals surface area contributed by atoms with E-state index in [4.69, 9.17) is 9.47 Å². The third-order valence-corrected chi connectivity index (χ3v) is 4.39. The number of hydrogen-bond acceptors (Lipinski definition) is 4. The molecule has 0 atom stereocenters. The molecule has 2 aromatic rings. The Morgan fingerprint density at radius 1 is 0.903 bits per heavy atom. The second-order valence-corrected chi connectivity index (χ2v) is 9.59. The van der Waals surface area contributed by atoms with Crippen molar-refractivity contribution in [2.75, 3.05) is 17.2 Å². The first-order valence-electron chi connectivity index (χ1n) is 10.5. The number of aryl methyl sites for hydroxylation is 1. The van der Waals surface area contributed by atoms with Crippen molar-refractivity contribution in [3.63, 3.8) is 0 Å². The molecule has 6 heteroatoms. The molecule has 2 rings (SSSR count). The minimum absolute atomic E-state index is 0.0983. The lowest BCUT2D eigenvalue weighted by molar-refractivity contribution is -0.155. The maximum absolute atomic E-state index is 12.6. The van der Waals surface area contributed by atoms with Crippen molar-refractivity contribution in [3.8, 4) is 5.75 Å². The van der Waals surface area contributed by atoms with Crippen molar-refractivity contribution in [1.82, 2.24) is 0 Å². The van der Waals surface area contributed by atoms with Gasteiger partial charge >= 0.3 is 12.0 Å². The molecule has 2 amide bonds. The number of carbonyl (C=O) groups is 2. The SMILES string of the molecule is Cc1ccc(NC(=O)Nc2cc(C(C)(C)C)ccc2OCCC(=O)OC(C)(C)C)cc1. The molecule has 6 nitrogen and oxygen atoms in total. The van der Waals surface area contributed by atoms with Crippen LogP contribution in [0.5, 0.6) is 5.75 Å². The molecule has 0 aliphatic heterocycles. The number of benzene rings is 2. The molecule has 2 aromatic carbocycles. The van der Waals surface area contributed by atoms with E-state index in [2.05, 4.69) is 31.4 Å². The summed E-state index contributed by atoms with van der Waals surface area (Å²) in [4.78, 5) is 24.5. The summed E-state index contributed by atoms with van der Waals surface area (Å²) in [5.74, 6) is 0.168. The van der Waals surface area contributed by atoms with Gasteiger partial charge in [0, 0.05) is 5.69 Å². The van der Waals surface area contributed by atoms with Gasteiger partial charge in [-0.25, -0.2) is 4.79 Å². The Kier molecular flexibility index (Phi) is 7.71. The first kappa shape index (κ1) is 24.3. The highest BCUT2D eigenvalue weighted by Crippen LogP contribution is 2.32. The molecule has 0 aliphatic carbocycles. The third kappa shape index (κ3) is 8.32. The van der Waals surface area contributed by atoms with Gasteiger partial charge in [-0.15, -0.1) is 0 Å². The number of carbonyl (C=O) groups excluding carboxylic acids is 2. The molecule has 0 aliphatic rings. The zero-order chi connectivity index (χ0) is 23.2. The molecule has 0 unspecified atom stereocenters. The highest BCUT2D eigenvalue weighted by molar-refractivity contribution is 6.00. The van der Waals surface area contributed by atoms with E-state index >= 15 is 0 Å². The van der Waals surface area contributed by atoms with Gasteiger partial charge in [0.15, 0.2) is 0 Å². The maximum atomic E-state index is 12.6. The Labute approximate surface area is 185 Å². The molecule has 0 saturated heterocycles. The van der Waals surface area contributed by atoms with Gasteiger partial charge in [0.05, 0.1) is 18.7 Å². The number of amides is 2. The van der Waals surface area contributed by atoms with Crippen LogP contribution in [0.25, 0.3) is 0 Å². The number of anilines is 2. The van der Waals surface area contributed by atoms with Gasteiger partial charge < -0.3 is 20.1 Å². The highest BCUT2D eigenvalue weighted by atomic mass is 16.6. The summed E-state index contributed by atoms with van der Waals surface area (Å²) in [7, 11) is 0. The van der Waals surface area contributed by atoms with Gasteiger partial charge in [0.25, 0.3) is 0 Å². The van der Waals surface area contributed by atoms with Crippen LogP contribution in [0.15, 0.2) is 42.5 Å². The molecule has 0 radical (unpaired) electrons. The average molecular weight is 427 g/mol. The fourth-order valence-electron chi connectivity index (χ4n) is 2.78. The van der Waals surface area contributed by atoms with Crippen molar-refractivity contribution in [1.29, 1.82) is 0 Å². The summed E-state index contributed by atoms with van der Waals surface area (Å²) < 4.78 is 11.1. The van der Waals surface area contributed by atoms with E-state index in [9.17, 15) is 9.59 Å². The predicted molar refractivity (Wildman–Crippen MR) is 125 cm³/mol. The van der Waals surface area contributed by atoms with Gasteiger partial charge in [-0.1, -0.05) is 44.5 Å². The van der Waals surface area contributed by atoms with Crippen molar-refractivity contribution in [2.45, 2.75) is 65.9 Å². The largest absolute Gasteiger partial charge is 0.491 e. The fourth-order valence-corrected chi connectivity index (χ4v) is 2.78. The normalized spacial score (nSPS) is 11.6. The van der Waals surface area contributed by atoms with Crippen LogP contribution in [-0.4, -0.2) is 24.2 Å². The molecule has 0 bridgehead atoms. The summed E-state index contributed by atoms with van der Waals surface area (Å²) in [6.45, 7) is 13.9. The predicted octanol–water partition coefficient (Wildman–Crippen LogP) is 6.05. The van der Waals surface area contributed by atoms with Crippen molar-refractivity contribution >= 4 is 23.4 Å². The van der Waals surface area contributed by atoms with Crippen LogP contribution in [0.3, 0.4) is 0 Å².